The maximum Gasteiger partial charge on any atom is 0.211 e. The number of hydrogen-bond acceptors (Lipinski definition) is 5. The van der Waals surface area contributed by atoms with Crippen molar-refractivity contribution in [1.82, 2.24) is 28.9 Å². The molecule has 0 amide bonds. The smallest absolute Gasteiger partial charge is 0.211 e. The van der Waals surface area contributed by atoms with Crippen molar-refractivity contribution in [1.29, 1.82) is 0 Å². The van der Waals surface area contributed by atoms with Crippen LogP contribution in [0.4, 0.5) is 0 Å². The van der Waals surface area contributed by atoms with Crippen molar-refractivity contribution in [3.8, 4) is 0 Å². The molecular formula is C13H16N6O2S. The molecule has 3 aromatic rings. The van der Waals surface area contributed by atoms with Crippen LogP contribution < -0.4 is 0 Å². The molecule has 8 nitrogen and oxygen atoms in total. The number of rotatable bonds is 2. The summed E-state index contributed by atoms with van der Waals surface area (Å²) >= 11 is 0. The molecular weight excluding hydrogens is 304 g/mol. The maximum atomic E-state index is 11.8. The molecule has 1 N–H and O–H groups in total. The van der Waals surface area contributed by atoms with E-state index in [0.717, 1.165) is 29.8 Å². The van der Waals surface area contributed by atoms with Crippen molar-refractivity contribution < 1.29 is 8.42 Å². The Morgan fingerprint density at radius 3 is 3.05 bits per heavy atom. The normalized spacial score (nSPS) is 20.9. The van der Waals surface area contributed by atoms with Crippen LogP contribution in [0, 0.1) is 0 Å². The van der Waals surface area contributed by atoms with E-state index in [0.29, 0.717) is 18.7 Å². The number of hydrogen-bond donors (Lipinski definition) is 1. The highest BCUT2D eigenvalue weighted by molar-refractivity contribution is 7.88. The van der Waals surface area contributed by atoms with E-state index in [1.807, 2.05) is 16.7 Å². The summed E-state index contributed by atoms with van der Waals surface area (Å²) in [6.07, 6.45) is 6.48. The predicted molar refractivity (Wildman–Crippen MR) is 81.0 cm³/mol. The quantitative estimate of drug-likeness (QED) is 0.751. The zero-order valence-electron chi connectivity index (χ0n) is 12.1. The monoisotopic (exact) mass is 320 g/mol. The lowest BCUT2D eigenvalue weighted by Crippen LogP contribution is -2.38. The summed E-state index contributed by atoms with van der Waals surface area (Å²) in [4.78, 5) is 7.37. The van der Waals surface area contributed by atoms with E-state index in [-0.39, 0.29) is 5.92 Å². The average Bonchev–Trinajstić information content (AvgIpc) is 3.12. The molecule has 0 saturated carbocycles. The fourth-order valence-electron chi connectivity index (χ4n) is 3.12. The number of nitrogens with one attached hydrogen (secondary N) is 1. The number of H-pyrrole nitrogens is 1. The Morgan fingerprint density at radius 1 is 1.36 bits per heavy atom. The molecule has 9 heteroatoms. The second-order valence-corrected chi connectivity index (χ2v) is 7.66. The van der Waals surface area contributed by atoms with Crippen LogP contribution >= 0.6 is 0 Å². The van der Waals surface area contributed by atoms with E-state index in [1.54, 1.807) is 6.20 Å². The van der Waals surface area contributed by atoms with Gasteiger partial charge in [-0.3, -0.25) is 4.40 Å². The third-order valence-corrected chi connectivity index (χ3v) is 5.45. The third-order valence-electron chi connectivity index (χ3n) is 4.19. The summed E-state index contributed by atoms with van der Waals surface area (Å²) in [5.41, 5.74) is 2.36. The SMILES string of the molecule is CS(=O)(=O)N1CCC[C@H](c2nnc3cnc4[nH]ccc4n23)C1. The van der Waals surface area contributed by atoms with Crippen LogP contribution in [0.5, 0.6) is 0 Å². The maximum absolute atomic E-state index is 11.8. The van der Waals surface area contributed by atoms with Crippen molar-refractivity contribution in [2.24, 2.45) is 0 Å². The van der Waals surface area contributed by atoms with Gasteiger partial charge in [0, 0.05) is 25.2 Å². The van der Waals surface area contributed by atoms with E-state index in [9.17, 15) is 8.42 Å². The first-order chi connectivity index (χ1) is 10.5. The summed E-state index contributed by atoms with van der Waals surface area (Å²) < 4.78 is 27.1. The van der Waals surface area contributed by atoms with Crippen molar-refractivity contribution in [2.75, 3.05) is 19.3 Å². The predicted octanol–water partition coefficient (Wildman–Crippen LogP) is 0.745. The van der Waals surface area contributed by atoms with Crippen molar-refractivity contribution in [3.05, 3.63) is 24.3 Å². The van der Waals surface area contributed by atoms with Gasteiger partial charge in [0.15, 0.2) is 11.3 Å². The lowest BCUT2D eigenvalue weighted by Gasteiger charge is -2.29. The van der Waals surface area contributed by atoms with E-state index in [2.05, 4.69) is 20.2 Å². The number of aromatic amines is 1. The Kier molecular flexibility index (Phi) is 2.95. The molecule has 1 atom stereocenters. The number of nitrogens with zero attached hydrogens (tertiary/aromatic N) is 5. The summed E-state index contributed by atoms with van der Waals surface area (Å²) in [6, 6.07) is 1.93. The Bertz CT molecular complexity index is 944. The van der Waals surface area contributed by atoms with Crippen molar-refractivity contribution in [3.63, 3.8) is 0 Å². The van der Waals surface area contributed by atoms with Crippen molar-refractivity contribution in [2.45, 2.75) is 18.8 Å². The third kappa shape index (κ3) is 2.08. The molecule has 22 heavy (non-hydrogen) atoms. The van der Waals surface area contributed by atoms with Gasteiger partial charge in [-0.05, 0) is 18.9 Å². The zero-order chi connectivity index (χ0) is 15.3. The standard InChI is InChI=1S/C13H16N6O2S/c1-22(20,21)18-6-2-3-9(8-18)13-17-16-11-7-15-12-10(19(11)13)4-5-14-12/h4-5,7,9,14H,2-3,6,8H2,1H3/t9-/m0/s1. The molecule has 3 aromatic heterocycles. The highest BCUT2D eigenvalue weighted by Gasteiger charge is 2.30. The molecule has 116 valence electrons. The molecule has 1 aliphatic heterocycles. The van der Waals surface area contributed by atoms with Gasteiger partial charge in [0.2, 0.25) is 10.0 Å². The summed E-state index contributed by atoms with van der Waals surface area (Å²) in [5.74, 6) is 0.842. The highest BCUT2D eigenvalue weighted by Crippen LogP contribution is 2.28. The molecule has 0 unspecified atom stereocenters. The minimum Gasteiger partial charge on any atom is -0.345 e. The van der Waals surface area contributed by atoms with E-state index >= 15 is 0 Å². The molecule has 0 aromatic carbocycles. The lowest BCUT2D eigenvalue weighted by atomic mass is 9.99. The van der Waals surface area contributed by atoms with E-state index in [4.69, 9.17) is 0 Å². The fourth-order valence-corrected chi connectivity index (χ4v) is 4.03. The van der Waals surface area contributed by atoms with Gasteiger partial charge in [-0.1, -0.05) is 0 Å². The Morgan fingerprint density at radius 2 is 2.23 bits per heavy atom. The number of aromatic nitrogens is 5. The van der Waals surface area contributed by atoms with Crippen LogP contribution in [-0.4, -0.2) is 56.6 Å². The average molecular weight is 320 g/mol. The molecule has 0 radical (unpaired) electrons. The van der Waals surface area contributed by atoms with Gasteiger partial charge in [0.05, 0.1) is 18.0 Å². The van der Waals surface area contributed by atoms with E-state index < -0.39 is 10.0 Å². The lowest BCUT2D eigenvalue weighted by molar-refractivity contribution is 0.310. The Balaban J connectivity index is 1.82. The van der Waals surface area contributed by atoms with Crippen LogP contribution in [-0.2, 0) is 10.0 Å². The van der Waals surface area contributed by atoms with Crippen molar-refractivity contribution >= 4 is 26.8 Å². The van der Waals surface area contributed by atoms with Gasteiger partial charge in [0.25, 0.3) is 0 Å². The first-order valence-corrected chi connectivity index (χ1v) is 9.01. The molecule has 1 aliphatic rings. The molecule has 0 spiro atoms. The topological polar surface area (TPSA) is 96.2 Å². The van der Waals surface area contributed by atoms with Crippen LogP contribution in [0.3, 0.4) is 0 Å². The van der Waals surface area contributed by atoms with Gasteiger partial charge in [-0.2, -0.15) is 0 Å². The van der Waals surface area contributed by atoms with Gasteiger partial charge in [-0.15, -0.1) is 10.2 Å². The van der Waals surface area contributed by atoms with Crippen LogP contribution in [0.1, 0.15) is 24.6 Å². The van der Waals surface area contributed by atoms with Crippen LogP contribution in [0.25, 0.3) is 16.8 Å². The minimum atomic E-state index is -3.18. The van der Waals surface area contributed by atoms with Gasteiger partial charge >= 0.3 is 0 Å². The number of piperidine rings is 1. The van der Waals surface area contributed by atoms with Gasteiger partial charge in [0.1, 0.15) is 5.82 Å². The van der Waals surface area contributed by atoms with Gasteiger partial charge < -0.3 is 4.98 Å². The molecule has 4 heterocycles. The molecule has 0 aliphatic carbocycles. The number of sulfonamides is 1. The second-order valence-electron chi connectivity index (χ2n) is 5.68. The number of fused-ring (bicyclic) bond motifs is 3. The van der Waals surface area contributed by atoms with Gasteiger partial charge in [-0.25, -0.2) is 17.7 Å². The molecule has 1 saturated heterocycles. The first kappa shape index (κ1) is 13.6. The van der Waals surface area contributed by atoms with Crippen LogP contribution in [0.15, 0.2) is 18.5 Å². The largest absolute Gasteiger partial charge is 0.345 e. The zero-order valence-corrected chi connectivity index (χ0v) is 12.9. The fraction of sp³-hybridized carbons (Fsp3) is 0.462. The summed E-state index contributed by atoms with van der Waals surface area (Å²) in [6.45, 7) is 1.03. The first-order valence-electron chi connectivity index (χ1n) is 7.16. The Hall–Kier alpha value is -2.00. The second kappa shape index (κ2) is 4.75. The molecule has 1 fully saturated rings. The Labute approximate surface area is 127 Å². The van der Waals surface area contributed by atoms with E-state index in [1.165, 1.54) is 10.6 Å². The molecule has 4 rings (SSSR count). The summed E-state index contributed by atoms with van der Waals surface area (Å²) in [7, 11) is -3.18. The van der Waals surface area contributed by atoms with Crippen LogP contribution in [0.2, 0.25) is 0 Å². The minimum absolute atomic E-state index is 0.0407. The highest BCUT2D eigenvalue weighted by atomic mass is 32.2. The molecule has 0 bridgehead atoms. The summed E-state index contributed by atoms with van der Waals surface area (Å²) in [5, 5.41) is 8.48.